The molecule has 5 nitrogen and oxygen atoms in total. The molecule has 0 bridgehead atoms. The Kier molecular flexibility index (Phi) is 6.63. The van der Waals surface area contributed by atoms with E-state index in [1.807, 2.05) is 0 Å². The summed E-state index contributed by atoms with van der Waals surface area (Å²) in [4.78, 5) is 26.0. The van der Waals surface area contributed by atoms with Gasteiger partial charge in [0.15, 0.2) is 0 Å². The Hall–Kier alpha value is -1.76. The first-order valence-electron chi connectivity index (χ1n) is 8.75. The lowest BCUT2D eigenvalue weighted by atomic mass is 9.96. The smallest absolute Gasteiger partial charge is 0.341 e. The highest BCUT2D eigenvalue weighted by Crippen LogP contribution is 2.37. The van der Waals surface area contributed by atoms with E-state index in [9.17, 15) is 9.59 Å². The Balaban J connectivity index is 1.84. The van der Waals surface area contributed by atoms with E-state index in [2.05, 4.69) is 10.6 Å². The molecule has 3 rings (SSSR count). The molecule has 1 heterocycles. The van der Waals surface area contributed by atoms with Gasteiger partial charge >= 0.3 is 12.0 Å². The van der Waals surface area contributed by atoms with Crippen LogP contribution < -0.4 is 10.6 Å². The van der Waals surface area contributed by atoms with E-state index >= 15 is 0 Å². The Bertz CT molecular complexity index is 867. The van der Waals surface area contributed by atoms with Crippen molar-refractivity contribution in [3.05, 3.63) is 44.2 Å². The third kappa shape index (κ3) is 4.75. The van der Waals surface area contributed by atoms with E-state index in [1.165, 1.54) is 24.9 Å². The highest BCUT2D eigenvalue weighted by molar-refractivity contribution is 7.17. The van der Waals surface area contributed by atoms with Crippen LogP contribution >= 0.6 is 34.5 Å². The van der Waals surface area contributed by atoms with Crippen molar-refractivity contribution in [2.45, 2.75) is 38.5 Å². The van der Waals surface area contributed by atoms with Crippen LogP contribution in [-0.4, -0.2) is 19.1 Å². The summed E-state index contributed by atoms with van der Waals surface area (Å²) in [6.07, 6.45) is 6.19. The second-order valence-electron chi connectivity index (χ2n) is 6.32. The number of thiophene rings is 1. The topological polar surface area (TPSA) is 67.4 Å². The lowest BCUT2D eigenvalue weighted by molar-refractivity contribution is 0.0601. The molecule has 27 heavy (non-hydrogen) atoms. The van der Waals surface area contributed by atoms with E-state index in [0.717, 1.165) is 42.5 Å². The van der Waals surface area contributed by atoms with Crippen molar-refractivity contribution in [3.63, 3.8) is 0 Å². The van der Waals surface area contributed by atoms with Crippen molar-refractivity contribution in [1.82, 2.24) is 0 Å². The van der Waals surface area contributed by atoms with Gasteiger partial charge in [-0.15, -0.1) is 11.3 Å². The zero-order valence-electron chi connectivity index (χ0n) is 14.9. The maximum absolute atomic E-state index is 12.4. The molecule has 0 atom stereocenters. The summed E-state index contributed by atoms with van der Waals surface area (Å²) in [5.41, 5.74) is 2.00. The number of fused-ring (bicyclic) bond motifs is 1. The molecule has 1 aliphatic rings. The molecular weight excluding hydrogens is 407 g/mol. The molecule has 0 unspecified atom stereocenters. The first kappa shape index (κ1) is 20.0. The van der Waals surface area contributed by atoms with Gasteiger partial charge in [-0.3, -0.25) is 5.32 Å². The summed E-state index contributed by atoms with van der Waals surface area (Å²) in [6.45, 7) is 0. The zero-order chi connectivity index (χ0) is 19.4. The van der Waals surface area contributed by atoms with Crippen molar-refractivity contribution in [2.75, 3.05) is 17.7 Å². The van der Waals surface area contributed by atoms with Gasteiger partial charge < -0.3 is 10.1 Å². The van der Waals surface area contributed by atoms with Crippen LogP contribution in [0.4, 0.5) is 15.5 Å². The monoisotopic (exact) mass is 426 g/mol. The maximum atomic E-state index is 12.4. The third-order valence-corrected chi connectivity index (χ3v) is 6.41. The molecule has 0 aliphatic heterocycles. The summed E-state index contributed by atoms with van der Waals surface area (Å²) in [7, 11) is 1.36. The van der Waals surface area contributed by atoms with Gasteiger partial charge in [0.05, 0.1) is 22.7 Å². The van der Waals surface area contributed by atoms with Crippen LogP contribution in [0.2, 0.25) is 10.0 Å². The van der Waals surface area contributed by atoms with Crippen LogP contribution in [0.3, 0.4) is 0 Å². The average Bonchev–Trinajstić information content (AvgIpc) is 2.93. The highest BCUT2D eigenvalue weighted by Gasteiger charge is 2.25. The molecule has 2 N–H and O–H groups in total. The van der Waals surface area contributed by atoms with Crippen molar-refractivity contribution >= 4 is 57.2 Å². The maximum Gasteiger partial charge on any atom is 0.341 e. The van der Waals surface area contributed by atoms with Gasteiger partial charge in [0, 0.05) is 10.6 Å². The molecular formula is C19H20Cl2N2O3S. The van der Waals surface area contributed by atoms with Gasteiger partial charge in [-0.05, 0) is 49.4 Å². The van der Waals surface area contributed by atoms with Crippen LogP contribution in [0.15, 0.2) is 18.2 Å². The van der Waals surface area contributed by atoms with Crippen LogP contribution in [0.5, 0.6) is 0 Å². The van der Waals surface area contributed by atoms with Gasteiger partial charge in [-0.25, -0.2) is 9.59 Å². The molecule has 1 aromatic carbocycles. The number of carbonyl (C=O) groups is 2. The van der Waals surface area contributed by atoms with E-state index in [4.69, 9.17) is 27.9 Å². The number of hydrogen-bond donors (Lipinski definition) is 2. The van der Waals surface area contributed by atoms with Gasteiger partial charge in [0.25, 0.3) is 0 Å². The summed E-state index contributed by atoms with van der Waals surface area (Å²) >= 11 is 13.3. The van der Waals surface area contributed by atoms with Crippen LogP contribution in [0.25, 0.3) is 0 Å². The number of ether oxygens (including phenoxy) is 1. The molecule has 2 aromatic rings. The average molecular weight is 427 g/mol. The van der Waals surface area contributed by atoms with Gasteiger partial charge in [-0.1, -0.05) is 36.0 Å². The molecule has 8 heteroatoms. The third-order valence-electron chi connectivity index (χ3n) is 4.47. The number of urea groups is 1. The summed E-state index contributed by atoms with van der Waals surface area (Å²) in [5.74, 6) is -0.419. The van der Waals surface area contributed by atoms with Gasteiger partial charge in [0.1, 0.15) is 5.00 Å². The van der Waals surface area contributed by atoms with Gasteiger partial charge in [-0.2, -0.15) is 0 Å². The van der Waals surface area contributed by atoms with Crippen molar-refractivity contribution in [1.29, 1.82) is 0 Å². The predicted octanol–water partition coefficient (Wildman–Crippen LogP) is 6.14. The molecule has 0 saturated heterocycles. The molecule has 0 saturated carbocycles. The lowest BCUT2D eigenvalue weighted by Crippen LogP contribution is -2.20. The van der Waals surface area contributed by atoms with Crippen molar-refractivity contribution in [2.24, 2.45) is 0 Å². The fourth-order valence-corrected chi connectivity index (χ4v) is 4.74. The first-order valence-corrected chi connectivity index (χ1v) is 10.3. The number of rotatable bonds is 3. The largest absolute Gasteiger partial charge is 0.465 e. The van der Waals surface area contributed by atoms with Crippen LogP contribution in [0, 0.1) is 0 Å². The fraction of sp³-hybridized carbons (Fsp3) is 0.368. The van der Waals surface area contributed by atoms with E-state index < -0.39 is 12.0 Å². The van der Waals surface area contributed by atoms with Crippen molar-refractivity contribution < 1.29 is 14.3 Å². The minimum absolute atomic E-state index is 0.351. The molecule has 1 aromatic heterocycles. The molecule has 2 amide bonds. The number of halogens is 2. The number of carbonyl (C=O) groups excluding carboxylic acids is 2. The highest BCUT2D eigenvalue weighted by atomic mass is 35.5. The summed E-state index contributed by atoms with van der Waals surface area (Å²) in [6, 6.07) is 4.38. The Morgan fingerprint density at radius 1 is 1.04 bits per heavy atom. The molecule has 0 spiro atoms. The lowest BCUT2D eigenvalue weighted by Gasteiger charge is -2.11. The number of esters is 1. The van der Waals surface area contributed by atoms with Crippen LogP contribution in [-0.2, 0) is 17.6 Å². The normalized spacial score (nSPS) is 13.9. The SMILES string of the molecule is COC(=O)c1c(NC(=O)Nc2ccc(Cl)c(Cl)c2)sc2c1CCCCCC2. The van der Waals surface area contributed by atoms with E-state index in [0.29, 0.717) is 26.3 Å². The second kappa shape index (κ2) is 8.95. The number of nitrogens with one attached hydrogen (secondary N) is 2. The summed E-state index contributed by atoms with van der Waals surface area (Å²) in [5, 5.41) is 6.79. The first-order chi connectivity index (χ1) is 13.0. The molecule has 0 fully saturated rings. The molecule has 0 radical (unpaired) electrons. The molecule has 144 valence electrons. The number of aryl methyl sites for hydroxylation is 1. The Morgan fingerprint density at radius 2 is 1.78 bits per heavy atom. The fourth-order valence-electron chi connectivity index (χ4n) is 3.16. The minimum atomic E-state index is -0.451. The summed E-state index contributed by atoms with van der Waals surface area (Å²) < 4.78 is 4.97. The predicted molar refractivity (Wildman–Crippen MR) is 111 cm³/mol. The zero-order valence-corrected chi connectivity index (χ0v) is 17.2. The quantitative estimate of drug-likeness (QED) is 0.578. The number of anilines is 2. The number of methoxy groups -OCH3 is 1. The standard InChI is InChI=1S/C19H20Cl2N2O3S/c1-26-18(24)16-12-6-4-2-3-5-7-15(12)27-17(16)23-19(25)22-11-8-9-13(20)14(21)10-11/h8-10H,2-7H2,1H3,(H2,22,23,25). The van der Waals surface area contributed by atoms with Gasteiger partial charge in [0.2, 0.25) is 0 Å². The number of amides is 2. The Labute approximate surface area is 172 Å². The number of hydrogen-bond acceptors (Lipinski definition) is 4. The van der Waals surface area contributed by atoms with E-state index in [1.54, 1.807) is 18.2 Å². The number of benzene rings is 1. The second-order valence-corrected chi connectivity index (χ2v) is 8.24. The van der Waals surface area contributed by atoms with Crippen LogP contribution in [0.1, 0.15) is 46.5 Å². The molecule has 1 aliphatic carbocycles. The minimum Gasteiger partial charge on any atom is -0.465 e. The Morgan fingerprint density at radius 3 is 2.48 bits per heavy atom. The van der Waals surface area contributed by atoms with E-state index in [-0.39, 0.29) is 0 Å². The van der Waals surface area contributed by atoms with Crippen molar-refractivity contribution in [3.8, 4) is 0 Å².